The van der Waals surface area contributed by atoms with Gasteiger partial charge in [0.15, 0.2) is 0 Å². The van der Waals surface area contributed by atoms with Crippen LogP contribution in [-0.4, -0.2) is 4.32 Å². The summed E-state index contributed by atoms with van der Waals surface area (Å²) in [5, 5.41) is 10.5. The van der Waals surface area contributed by atoms with E-state index in [9.17, 15) is 0 Å². The predicted octanol–water partition coefficient (Wildman–Crippen LogP) is 5.77. The van der Waals surface area contributed by atoms with Crippen molar-refractivity contribution in [2.75, 3.05) is 5.32 Å². The van der Waals surface area contributed by atoms with Crippen LogP contribution in [0.5, 0.6) is 0 Å². The third kappa shape index (κ3) is 2.43. The van der Waals surface area contributed by atoms with Gasteiger partial charge in [0.2, 0.25) is 0 Å². The number of anilines is 1. The summed E-state index contributed by atoms with van der Waals surface area (Å²) in [6, 6.07) is 23.6. The Kier molecular flexibility index (Phi) is 3.25. The molecule has 0 unspecified atom stereocenters. The molecular weight excluding hydrogens is 306 g/mol. The molecule has 0 saturated carbocycles. The van der Waals surface area contributed by atoms with Gasteiger partial charge in [-0.3, -0.25) is 0 Å². The molecule has 0 bridgehead atoms. The van der Waals surface area contributed by atoms with E-state index in [-0.39, 0.29) is 0 Å². The lowest BCUT2D eigenvalue weighted by Crippen LogP contribution is -2.00. The van der Waals surface area contributed by atoms with Crippen LogP contribution in [0.15, 0.2) is 66.7 Å². The molecular formula is C19H13NS2. The van der Waals surface area contributed by atoms with Gasteiger partial charge in [-0.1, -0.05) is 42.5 Å². The van der Waals surface area contributed by atoms with E-state index in [1.165, 1.54) is 32.3 Å². The van der Waals surface area contributed by atoms with Crippen molar-refractivity contribution in [1.82, 2.24) is 0 Å². The Morgan fingerprint density at radius 3 is 1.77 bits per heavy atom. The second-order valence-corrected chi connectivity index (χ2v) is 6.55. The zero-order valence-electron chi connectivity index (χ0n) is 11.7. The van der Waals surface area contributed by atoms with Crippen LogP contribution in [-0.2, 0) is 0 Å². The summed E-state index contributed by atoms with van der Waals surface area (Å²) < 4.78 is 0.478. The normalized spacial score (nSPS) is 11.1. The third-order valence-corrected chi connectivity index (χ3v) is 4.13. The molecule has 0 radical (unpaired) electrons. The van der Waals surface area contributed by atoms with Gasteiger partial charge in [-0.05, 0) is 68.7 Å². The lowest BCUT2D eigenvalue weighted by Gasteiger charge is -2.08. The zero-order chi connectivity index (χ0) is 15.1. The summed E-state index contributed by atoms with van der Waals surface area (Å²) >= 11 is 9.11. The van der Waals surface area contributed by atoms with E-state index in [4.69, 9.17) is 12.2 Å². The van der Waals surface area contributed by atoms with Crippen molar-refractivity contribution < 1.29 is 0 Å². The SMILES string of the molecule is S=C(S)Nc1ccc2cc3cc4ccccc4cc3cc2c1. The molecule has 4 aromatic carbocycles. The van der Waals surface area contributed by atoms with Gasteiger partial charge < -0.3 is 5.32 Å². The highest BCUT2D eigenvalue weighted by Crippen LogP contribution is 2.28. The Hall–Kier alpha value is -2.10. The van der Waals surface area contributed by atoms with E-state index in [1.807, 2.05) is 6.07 Å². The smallest absolute Gasteiger partial charge is 0.135 e. The van der Waals surface area contributed by atoms with E-state index in [2.05, 4.69) is 78.6 Å². The maximum Gasteiger partial charge on any atom is 0.135 e. The van der Waals surface area contributed by atoms with Crippen LogP contribution in [0.3, 0.4) is 0 Å². The topological polar surface area (TPSA) is 12.0 Å². The Morgan fingerprint density at radius 1 is 0.682 bits per heavy atom. The Bertz CT molecular complexity index is 1040. The molecule has 0 aliphatic carbocycles. The van der Waals surface area contributed by atoms with Gasteiger partial charge in [-0.15, -0.1) is 12.6 Å². The van der Waals surface area contributed by atoms with Gasteiger partial charge >= 0.3 is 0 Å². The average molecular weight is 319 g/mol. The Labute approximate surface area is 139 Å². The predicted molar refractivity (Wildman–Crippen MR) is 104 cm³/mol. The molecule has 106 valence electrons. The fourth-order valence-electron chi connectivity index (χ4n) is 2.89. The van der Waals surface area contributed by atoms with Gasteiger partial charge in [-0.25, -0.2) is 0 Å². The summed E-state index contributed by atoms with van der Waals surface area (Å²) in [5.41, 5.74) is 0.965. The minimum atomic E-state index is 0.478. The first-order valence-corrected chi connectivity index (χ1v) is 7.91. The first-order chi connectivity index (χ1) is 10.7. The van der Waals surface area contributed by atoms with Crippen LogP contribution >= 0.6 is 24.8 Å². The van der Waals surface area contributed by atoms with Crippen molar-refractivity contribution in [3.8, 4) is 0 Å². The molecule has 1 N–H and O–H groups in total. The number of nitrogens with one attached hydrogen (secondary N) is 1. The van der Waals surface area contributed by atoms with Crippen molar-refractivity contribution in [3.63, 3.8) is 0 Å². The molecule has 0 fully saturated rings. The number of hydrogen-bond donors (Lipinski definition) is 2. The maximum atomic E-state index is 4.98. The van der Waals surface area contributed by atoms with Crippen molar-refractivity contribution in [1.29, 1.82) is 0 Å². The highest BCUT2D eigenvalue weighted by atomic mass is 32.1. The van der Waals surface area contributed by atoms with Gasteiger partial charge in [0.1, 0.15) is 4.32 Å². The van der Waals surface area contributed by atoms with Gasteiger partial charge in [0.25, 0.3) is 0 Å². The molecule has 22 heavy (non-hydrogen) atoms. The monoisotopic (exact) mass is 319 g/mol. The molecule has 0 amide bonds. The Balaban J connectivity index is 1.97. The second kappa shape index (κ2) is 5.27. The van der Waals surface area contributed by atoms with Crippen LogP contribution < -0.4 is 5.32 Å². The molecule has 0 atom stereocenters. The molecule has 0 saturated heterocycles. The molecule has 0 heterocycles. The van der Waals surface area contributed by atoms with Gasteiger partial charge in [0, 0.05) is 5.69 Å². The average Bonchev–Trinajstić information content (AvgIpc) is 2.50. The number of hydrogen-bond acceptors (Lipinski definition) is 1. The summed E-state index contributed by atoms with van der Waals surface area (Å²) in [6.45, 7) is 0. The summed E-state index contributed by atoms with van der Waals surface area (Å²) in [7, 11) is 0. The van der Waals surface area contributed by atoms with E-state index in [0.29, 0.717) is 4.32 Å². The highest BCUT2D eigenvalue weighted by molar-refractivity contribution is 8.11. The van der Waals surface area contributed by atoms with E-state index in [0.717, 1.165) is 5.69 Å². The number of rotatable bonds is 1. The number of thiol groups is 1. The lowest BCUT2D eigenvalue weighted by molar-refractivity contribution is 1.72. The third-order valence-electron chi connectivity index (χ3n) is 3.91. The van der Waals surface area contributed by atoms with E-state index in [1.54, 1.807) is 0 Å². The van der Waals surface area contributed by atoms with E-state index < -0.39 is 0 Å². The quantitative estimate of drug-likeness (QED) is 0.262. The van der Waals surface area contributed by atoms with Crippen molar-refractivity contribution in [2.24, 2.45) is 0 Å². The summed E-state index contributed by atoms with van der Waals surface area (Å²) in [4.78, 5) is 0. The minimum Gasteiger partial charge on any atom is -0.341 e. The second-order valence-electron chi connectivity index (χ2n) is 5.39. The number of thiocarbonyl (C=S) groups is 1. The van der Waals surface area contributed by atoms with Crippen LogP contribution in [0.1, 0.15) is 0 Å². The fraction of sp³-hybridized carbons (Fsp3) is 0. The first kappa shape index (κ1) is 13.6. The first-order valence-electron chi connectivity index (χ1n) is 7.05. The standard InChI is InChI=1S/C19H13NS2/c21-19(22)20-18-6-5-14-9-15-7-12-3-1-2-4-13(12)8-16(15)10-17(14)11-18/h1-11H,(H2,20,21,22). The lowest BCUT2D eigenvalue weighted by atomic mass is 9.99. The van der Waals surface area contributed by atoms with E-state index >= 15 is 0 Å². The van der Waals surface area contributed by atoms with Crippen LogP contribution in [0.2, 0.25) is 0 Å². The Morgan fingerprint density at radius 2 is 1.18 bits per heavy atom. The molecule has 0 aliphatic rings. The van der Waals surface area contributed by atoms with Gasteiger partial charge in [-0.2, -0.15) is 0 Å². The minimum absolute atomic E-state index is 0.478. The molecule has 0 aliphatic heterocycles. The fourth-order valence-corrected chi connectivity index (χ4v) is 3.14. The highest BCUT2D eigenvalue weighted by Gasteiger charge is 2.02. The van der Waals surface area contributed by atoms with Crippen LogP contribution in [0.25, 0.3) is 32.3 Å². The molecule has 1 nitrogen and oxygen atoms in total. The largest absolute Gasteiger partial charge is 0.341 e. The zero-order valence-corrected chi connectivity index (χ0v) is 13.4. The molecule has 0 aromatic heterocycles. The molecule has 4 aromatic rings. The number of benzene rings is 4. The molecule has 4 rings (SSSR count). The summed E-state index contributed by atoms with van der Waals surface area (Å²) in [5.74, 6) is 0. The number of fused-ring (bicyclic) bond motifs is 3. The van der Waals surface area contributed by atoms with Crippen molar-refractivity contribution >= 4 is 67.2 Å². The van der Waals surface area contributed by atoms with Crippen LogP contribution in [0.4, 0.5) is 5.69 Å². The maximum absolute atomic E-state index is 4.98. The molecule has 0 spiro atoms. The van der Waals surface area contributed by atoms with Gasteiger partial charge in [0.05, 0.1) is 0 Å². The van der Waals surface area contributed by atoms with Crippen molar-refractivity contribution in [2.45, 2.75) is 0 Å². The van der Waals surface area contributed by atoms with Crippen LogP contribution in [0, 0.1) is 0 Å². The molecule has 3 heteroatoms. The summed E-state index contributed by atoms with van der Waals surface area (Å²) in [6.07, 6.45) is 0. The van der Waals surface area contributed by atoms with Crippen molar-refractivity contribution in [3.05, 3.63) is 66.7 Å².